The summed E-state index contributed by atoms with van der Waals surface area (Å²) in [6, 6.07) is 0. The first kappa shape index (κ1) is 11.0. The number of anilines is 1. The van der Waals surface area contributed by atoms with E-state index in [9.17, 15) is 0 Å². The molecule has 1 aliphatic carbocycles. The molecule has 0 saturated carbocycles. The van der Waals surface area contributed by atoms with Crippen molar-refractivity contribution in [2.24, 2.45) is 0 Å². The van der Waals surface area contributed by atoms with Gasteiger partial charge in [-0.15, -0.1) is 0 Å². The van der Waals surface area contributed by atoms with Crippen LogP contribution in [-0.2, 0) is 17.6 Å². The van der Waals surface area contributed by atoms with Gasteiger partial charge in [0.15, 0.2) is 0 Å². The Morgan fingerprint density at radius 1 is 1.35 bits per heavy atom. The molecule has 1 N–H and O–H groups in total. The van der Waals surface area contributed by atoms with Gasteiger partial charge in [-0.2, -0.15) is 0 Å². The molecule has 1 aromatic heterocycles. The van der Waals surface area contributed by atoms with Gasteiger partial charge in [0.25, 0.3) is 0 Å². The molecule has 0 aromatic carbocycles. The van der Waals surface area contributed by atoms with E-state index in [2.05, 4.69) is 22.2 Å². The van der Waals surface area contributed by atoms with Gasteiger partial charge in [-0.05, 0) is 39.0 Å². The fourth-order valence-electron chi connectivity index (χ4n) is 2.76. The zero-order valence-corrected chi connectivity index (χ0v) is 10.3. The van der Waals surface area contributed by atoms with Gasteiger partial charge in [0, 0.05) is 24.4 Å². The van der Waals surface area contributed by atoms with Crippen molar-refractivity contribution >= 4 is 5.82 Å². The molecule has 1 aromatic rings. The molecule has 0 radical (unpaired) electrons. The summed E-state index contributed by atoms with van der Waals surface area (Å²) < 4.78 is 5.78. The molecule has 0 amide bonds. The first-order valence-corrected chi connectivity index (χ1v) is 6.47. The van der Waals surface area contributed by atoms with E-state index < -0.39 is 0 Å². The summed E-state index contributed by atoms with van der Waals surface area (Å²) in [5.41, 5.74) is 2.52. The Morgan fingerprint density at radius 3 is 3.12 bits per heavy atom. The number of fused-ring (bicyclic) bond motifs is 1. The van der Waals surface area contributed by atoms with E-state index in [0.29, 0.717) is 0 Å². The molecule has 1 atom stereocenters. The molecule has 2 aliphatic rings. The number of rotatable bonds is 3. The van der Waals surface area contributed by atoms with Crippen molar-refractivity contribution in [3.63, 3.8) is 0 Å². The van der Waals surface area contributed by atoms with Crippen LogP contribution in [-0.4, -0.2) is 28.7 Å². The summed E-state index contributed by atoms with van der Waals surface area (Å²) in [6.07, 6.45) is 7.38. The quantitative estimate of drug-likeness (QED) is 0.866. The van der Waals surface area contributed by atoms with Gasteiger partial charge in [0.1, 0.15) is 12.1 Å². The summed E-state index contributed by atoms with van der Waals surface area (Å²) in [7, 11) is 0. The second kappa shape index (κ2) is 4.26. The van der Waals surface area contributed by atoms with Gasteiger partial charge < -0.3 is 10.1 Å². The van der Waals surface area contributed by atoms with Crippen molar-refractivity contribution in [2.45, 2.75) is 44.6 Å². The SMILES string of the molecule is CC1(CNc2ncnc3c2CCC3)CCCO1. The lowest BCUT2D eigenvalue weighted by Crippen LogP contribution is -2.33. The maximum Gasteiger partial charge on any atom is 0.132 e. The third-order valence-corrected chi connectivity index (χ3v) is 3.81. The van der Waals surface area contributed by atoms with Crippen LogP contribution in [0.15, 0.2) is 6.33 Å². The van der Waals surface area contributed by atoms with E-state index in [0.717, 1.165) is 38.2 Å². The molecule has 1 unspecified atom stereocenters. The summed E-state index contributed by atoms with van der Waals surface area (Å²) in [6.45, 7) is 3.91. The molecule has 4 heteroatoms. The zero-order chi connectivity index (χ0) is 11.7. The fraction of sp³-hybridized carbons (Fsp3) is 0.692. The van der Waals surface area contributed by atoms with Crippen molar-refractivity contribution in [2.75, 3.05) is 18.5 Å². The van der Waals surface area contributed by atoms with Crippen LogP contribution in [0.25, 0.3) is 0 Å². The Kier molecular flexibility index (Phi) is 2.74. The Balaban J connectivity index is 1.71. The second-order valence-corrected chi connectivity index (χ2v) is 5.26. The lowest BCUT2D eigenvalue weighted by molar-refractivity contribution is 0.0314. The molecule has 2 heterocycles. The predicted molar refractivity (Wildman–Crippen MR) is 66.1 cm³/mol. The van der Waals surface area contributed by atoms with Crippen LogP contribution in [0.4, 0.5) is 5.82 Å². The van der Waals surface area contributed by atoms with Gasteiger partial charge in [0.05, 0.1) is 5.60 Å². The van der Waals surface area contributed by atoms with Crippen molar-refractivity contribution < 1.29 is 4.74 Å². The second-order valence-electron chi connectivity index (χ2n) is 5.26. The van der Waals surface area contributed by atoms with Crippen LogP contribution in [0.3, 0.4) is 0 Å². The van der Waals surface area contributed by atoms with E-state index >= 15 is 0 Å². The van der Waals surface area contributed by atoms with Gasteiger partial charge >= 0.3 is 0 Å². The largest absolute Gasteiger partial charge is 0.373 e. The average Bonchev–Trinajstić information content (AvgIpc) is 2.95. The van der Waals surface area contributed by atoms with Gasteiger partial charge in [-0.3, -0.25) is 0 Å². The van der Waals surface area contributed by atoms with Crippen molar-refractivity contribution in [3.8, 4) is 0 Å². The van der Waals surface area contributed by atoms with Crippen molar-refractivity contribution in [1.82, 2.24) is 9.97 Å². The van der Waals surface area contributed by atoms with Crippen molar-refractivity contribution in [3.05, 3.63) is 17.6 Å². The maximum atomic E-state index is 5.78. The highest BCUT2D eigenvalue weighted by Gasteiger charge is 2.30. The lowest BCUT2D eigenvalue weighted by Gasteiger charge is -2.24. The highest BCUT2D eigenvalue weighted by molar-refractivity contribution is 5.48. The molecule has 92 valence electrons. The summed E-state index contributed by atoms with van der Waals surface area (Å²) in [5, 5.41) is 3.45. The van der Waals surface area contributed by atoms with E-state index in [1.807, 2.05) is 0 Å². The minimum Gasteiger partial charge on any atom is -0.373 e. The molecule has 0 spiro atoms. The number of hydrogen-bond acceptors (Lipinski definition) is 4. The minimum atomic E-state index is -0.0174. The number of ether oxygens (including phenoxy) is 1. The number of aryl methyl sites for hydroxylation is 1. The van der Waals surface area contributed by atoms with Crippen LogP contribution >= 0.6 is 0 Å². The standard InChI is InChI=1S/C13H19N3O/c1-13(6-3-7-17-13)8-14-12-10-4-2-5-11(10)15-9-16-12/h9H,2-8H2,1H3,(H,14,15,16). The number of aromatic nitrogens is 2. The highest BCUT2D eigenvalue weighted by Crippen LogP contribution is 2.28. The topological polar surface area (TPSA) is 47.0 Å². The monoisotopic (exact) mass is 233 g/mol. The van der Waals surface area contributed by atoms with E-state index in [1.165, 1.54) is 24.1 Å². The summed E-state index contributed by atoms with van der Waals surface area (Å²) in [4.78, 5) is 8.70. The lowest BCUT2D eigenvalue weighted by atomic mass is 10.0. The van der Waals surface area contributed by atoms with E-state index in [4.69, 9.17) is 4.74 Å². The molecule has 1 aliphatic heterocycles. The zero-order valence-electron chi connectivity index (χ0n) is 10.3. The third kappa shape index (κ3) is 2.14. The van der Waals surface area contributed by atoms with Crippen LogP contribution in [0, 0.1) is 0 Å². The molecular weight excluding hydrogens is 214 g/mol. The average molecular weight is 233 g/mol. The van der Waals surface area contributed by atoms with Gasteiger partial charge in [0.2, 0.25) is 0 Å². The predicted octanol–water partition coefficient (Wildman–Crippen LogP) is 1.95. The molecule has 3 rings (SSSR count). The number of hydrogen-bond donors (Lipinski definition) is 1. The molecule has 1 saturated heterocycles. The summed E-state index contributed by atoms with van der Waals surface area (Å²) in [5.74, 6) is 1.02. The van der Waals surface area contributed by atoms with E-state index in [-0.39, 0.29) is 5.60 Å². The molecule has 1 fully saturated rings. The van der Waals surface area contributed by atoms with Crippen LogP contribution in [0.1, 0.15) is 37.4 Å². The third-order valence-electron chi connectivity index (χ3n) is 3.81. The maximum absolute atomic E-state index is 5.78. The molecule has 17 heavy (non-hydrogen) atoms. The van der Waals surface area contributed by atoms with Crippen molar-refractivity contribution in [1.29, 1.82) is 0 Å². The van der Waals surface area contributed by atoms with E-state index in [1.54, 1.807) is 6.33 Å². The first-order valence-electron chi connectivity index (χ1n) is 6.47. The van der Waals surface area contributed by atoms with Gasteiger partial charge in [-0.25, -0.2) is 9.97 Å². The Hall–Kier alpha value is -1.16. The first-order chi connectivity index (χ1) is 8.27. The molecule has 4 nitrogen and oxygen atoms in total. The normalized spacial score (nSPS) is 27.1. The molecular formula is C13H19N3O. The molecule has 0 bridgehead atoms. The smallest absolute Gasteiger partial charge is 0.132 e. The van der Waals surface area contributed by atoms with Crippen LogP contribution < -0.4 is 5.32 Å². The minimum absolute atomic E-state index is 0.0174. The number of nitrogens with zero attached hydrogens (tertiary/aromatic N) is 2. The van der Waals surface area contributed by atoms with Crippen LogP contribution in [0.2, 0.25) is 0 Å². The van der Waals surface area contributed by atoms with Crippen LogP contribution in [0.5, 0.6) is 0 Å². The Morgan fingerprint density at radius 2 is 2.29 bits per heavy atom. The fourth-order valence-corrected chi connectivity index (χ4v) is 2.76. The Labute approximate surface area is 102 Å². The highest BCUT2D eigenvalue weighted by atomic mass is 16.5. The number of nitrogens with one attached hydrogen (secondary N) is 1. The summed E-state index contributed by atoms with van der Waals surface area (Å²) >= 11 is 0. The van der Waals surface area contributed by atoms with Gasteiger partial charge in [-0.1, -0.05) is 0 Å². The Bertz CT molecular complexity index is 413.